The third-order valence-electron chi connectivity index (χ3n) is 3.81. The van der Waals surface area contributed by atoms with Crippen LogP contribution in [0, 0.1) is 0 Å². The number of aliphatic imine (C=N–C) groups is 1. The fourth-order valence-corrected chi connectivity index (χ4v) is 2.78. The summed E-state index contributed by atoms with van der Waals surface area (Å²) in [7, 11) is 0. The van der Waals surface area contributed by atoms with Crippen LogP contribution in [-0.4, -0.2) is 17.9 Å². The van der Waals surface area contributed by atoms with E-state index < -0.39 is 0 Å². The van der Waals surface area contributed by atoms with Gasteiger partial charge in [0.15, 0.2) is 5.60 Å². The quantitative estimate of drug-likeness (QED) is 0.812. The summed E-state index contributed by atoms with van der Waals surface area (Å²) in [4.78, 5) is 4.76. The van der Waals surface area contributed by atoms with Crippen molar-refractivity contribution in [1.82, 2.24) is 0 Å². The summed E-state index contributed by atoms with van der Waals surface area (Å²) in [5.41, 5.74) is 4.07. The average molecular weight is 257 g/mol. The van der Waals surface area contributed by atoms with E-state index in [4.69, 9.17) is 14.5 Å². The molecule has 1 atom stereocenters. The maximum Gasteiger partial charge on any atom is 0.302 e. The van der Waals surface area contributed by atoms with Crippen LogP contribution in [0.2, 0.25) is 0 Å². The van der Waals surface area contributed by atoms with E-state index in [9.17, 15) is 0 Å². The molecule has 3 nitrogen and oxygen atoms in total. The number of rotatable bonds is 2. The van der Waals surface area contributed by atoms with Gasteiger partial charge in [0, 0.05) is 5.56 Å². The number of hydrogen-bond donors (Lipinski definition) is 0. The van der Waals surface area contributed by atoms with Crippen molar-refractivity contribution in [2.45, 2.75) is 39.2 Å². The van der Waals surface area contributed by atoms with E-state index in [-0.39, 0.29) is 5.60 Å². The smallest absolute Gasteiger partial charge is 0.302 e. The van der Waals surface area contributed by atoms with Gasteiger partial charge in [-0.15, -0.1) is 0 Å². The monoisotopic (exact) mass is 257 g/mol. The Morgan fingerprint density at radius 1 is 1.37 bits per heavy atom. The molecule has 2 aliphatic rings. The van der Waals surface area contributed by atoms with Crippen molar-refractivity contribution in [3.63, 3.8) is 0 Å². The molecule has 0 bridgehead atoms. The van der Waals surface area contributed by atoms with Crippen LogP contribution in [0.25, 0.3) is 0 Å². The zero-order valence-electron chi connectivity index (χ0n) is 11.7. The number of ether oxygens (including phenoxy) is 2. The first-order valence-corrected chi connectivity index (χ1v) is 6.84. The molecule has 1 heterocycles. The molecule has 0 fully saturated rings. The SMILES string of the molecule is CCOC1=C(C)N=C2c3ccccc3CC[C@@]2(C)O1. The third-order valence-corrected chi connectivity index (χ3v) is 3.81. The van der Waals surface area contributed by atoms with Crippen LogP contribution in [0.1, 0.15) is 38.3 Å². The zero-order chi connectivity index (χ0) is 13.5. The maximum atomic E-state index is 6.11. The van der Waals surface area contributed by atoms with E-state index >= 15 is 0 Å². The highest BCUT2D eigenvalue weighted by molar-refractivity contribution is 6.09. The second-order valence-electron chi connectivity index (χ2n) is 5.26. The number of hydrogen-bond acceptors (Lipinski definition) is 3. The van der Waals surface area contributed by atoms with Gasteiger partial charge in [-0.3, -0.25) is 0 Å². The van der Waals surface area contributed by atoms with Gasteiger partial charge in [0.05, 0.1) is 12.3 Å². The van der Waals surface area contributed by atoms with E-state index in [1.165, 1.54) is 11.1 Å². The molecule has 0 spiro atoms. The van der Waals surface area contributed by atoms with E-state index in [1.807, 2.05) is 13.8 Å². The lowest BCUT2D eigenvalue weighted by Crippen LogP contribution is -2.45. The molecular formula is C16H19NO2. The van der Waals surface area contributed by atoms with Crippen LogP contribution >= 0.6 is 0 Å². The molecule has 1 aromatic rings. The first-order valence-electron chi connectivity index (χ1n) is 6.84. The van der Waals surface area contributed by atoms with Gasteiger partial charge in [0.1, 0.15) is 5.70 Å². The molecule has 1 aromatic carbocycles. The topological polar surface area (TPSA) is 30.8 Å². The van der Waals surface area contributed by atoms with Crippen molar-refractivity contribution < 1.29 is 9.47 Å². The molecule has 0 N–H and O–H groups in total. The molecule has 0 amide bonds. The van der Waals surface area contributed by atoms with Crippen LogP contribution in [-0.2, 0) is 15.9 Å². The molecule has 100 valence electrons. The van der Waals surface area contributed by atoms with Crippen LogP contribution in [0.5, 0.6) is 0 Å². The van der Waals surface area contributed by atoms with Crippen molar-refractivity contribution in [2.24, 2.45) is 4.99 Å². The lowest BCUT2D eigenvalue weighted by atomic mass is 9.79. The average Bonchev–Trinajstić information content (AvgIpc) is 2.41. The molecule has 0 saturated carbocycles. The maximum absolute atomic E-state index is 6.11. The van der Waals surface area contributed by atoms with E-state index in [0.29, 0.717) is 12.6 Å². The van der Waals surface area contributed by atoms with Crippen molar-refractivity contribution in [2.75, 3.05) is 6.61 Å². The summed E-state index contributed by atoms with van der Waals surface area (Å²) in [6.45, 7) is 6.60. The number of benzene rings is 1. The van der Waals surface area contributed by atoms with E-state index in [0.717, 1.165) is 24.3 Å². The summed E-state index contributed by atoms with van der Waals surface area (Å²) < 4.78 is 11.7. The Labute approximate surface area is 114 Å². The van der Waals surface area contributed by atoms with E-state index in [2.05, 4.69) is 31.2 Å². The van der Waals surface area contributed by atoms with Gasteiger partial charge in [-0.1, -0.05) is 24.3 Å². The minimum atomic E-state index is -0.363. The molecule has 1 aliphatic heterocycles. The fraction of sp³-hybridized carbons (Fsp3) is 0.438. The highest BCUT2D eigenvalue weighted by Crippen LogP contribution is 2.37. The Hall–Kier alpha value is -1.77. The second-order valence-corrected chi connectivity index (χ2v) is 5.26. The van der Waals surface area contributed by atoms with Crippen molar-refractivity contribution in [3.8, 4) is 0 Å². The Balaban J connectivity index is 2.10. The van der Waals surface area contributed by atoms with Gasteiger partial charge in [0.25, 0.3) is 0 Å². The molecule has 0 unspecified atom stereocenters. The predicted octanol–water partition coefficient (Wildman–Crippen LogP) is 3.44. The summed E-state index contributed by atoms with van der Waals surface area (Å²) in [6.07, 6.45) is 1.96. The minimum Gasteiger partial charge on any atom is -0.464 e. The lowest BCUT2D eigenvalue weighted by Gasteiger charge is -2.39. The Morgan fingerprint density at radius 2 is 2.16 bits per heavy atom. The molecule has 3 rings (SSSR count). The lowest BCUT2D eigenvalue weighted by molar-refractivity contribution is -0.0368. The first-order chi connectivity index (χ1) is 9.14. The second kappa shape index (κ2) is 4.41. The molecule has 0 aromatic heterocycles. The van der Waals surface area contributed by atoms with Crippen molar-refractivity contribution in [3.05, 3.63) is 47.0 Å². The fourth-order valence-electron chi connectivity index (χ4n) is 2.78. The molecule has 3 heteroatoms. The summed E-state index contributed by atoms with van der Waals surface area (Å²) in [5.74, 6) is 0.577. The number of nitrogens with zero attached hydrogens (tertiary/aromatic N) is 1. The Bertz CT molecular complexity index is 574. The van der Waals surface area contributed by atoms with Crippen LogP contribution < -0.4 is 0 Å². The minimum absolute atomic E-state index is 0.363. The molecule has 0 saturated heterocycles. The van der Waals surface area contributed by atoms with Gasteiger partial charge >= 0.3 is 5.95 Å². The normalized spacial score (nSPS) is 25.1. The highest BCUT2D eigenvalue weighted by atomic mass is 16.7. The highest BCUT2D eigenvalue weighted by Gasteiger charge is 2.42. The van der Waals surface area contributed by atoms with Gasteiger partial charge in [-0.2, -0.15) is 0 Å². The predicted molar refractivity (Wildman–Crippen MR) is 75.1 cm³/mol. The van der Waals surface area contributed by atoms with Gasteiger partial charge < -0.3 is 9.47 Å². The summed E-state index contributed by atoms with van der Waals surface area (Å²) in [5, 5.41) is 0. The first kappa shape index (κ1) is 12.3. The Morgan fingerprint density at radius 3 is 2.95 bits per heavy atom. The largest absolute Gasteiger partial charge is 0.464 e. The van der Waals surface area contributed by atoms with Crippen LogP contribution in [0.3, 0.4) is 0 Å². The van der Waals surface area contributed by atoms with Crippen LogP contribution in [0.15, 0.2) is 40.9 Å². The number of fused-ring (bicyclic) bond motifs is 3. The van der Waals surface area contributed by atoms with Crippen molar-refractivity contribution in [1.29, 1.82) is 0 Å². The van der Waals surface area contributed by atoms with E-state index in [1.54, 1.807) is 0 Å². The van der Waals surface area contributed by atoms with Gasteiger partial charge in [-0.05, 0) is 39.2 Å². The molecule has 0 radical (unpaired) electrons. The van der Waals surface area contributed by atoms with Crippen molar-refractivity contribution >= 4 is 5.71 Å². The van der Waals surface area contributed by atoms with Gasteiger partial charge in [0.2, 0.25) is 0 Å². The third kappa shape index (κ3) is 1.93. The Kier molecular flexibility index (Phi) is 2.85. The summed E-state index contributed by atoms with van der Waals surface area (Å²) >= 11 is 0. The zero-order valence-corrected chi connectivity index (χ0v) is 11.7. The standard InChI is InChI=1S/C16H19NO2/c1-4-18-15-11(2)17-14-13-8-6-5-7-12(13)9-10-16(14,3)19-15/h5-8H,4,9-10H2,1-3H3/t16-/m1/s1. The number of aryl methyl sites for hydroxylation is 1. The van der Waals surface area contributed by atoms with Crippen LogP contribution in [0.4, 0.5) is 0 Å². The molecular weight excluding hydrogens is 238 g/mol. The van der Waals surface area contributed by atoms with Gasteiger partial charge in [-0.25, -0.2) is 4.99 Å². The number of allylic oxidation sites excluding steroid dienone is 1. The summed E-state index contributed by atoms with van der Waals surface area (Å²) in [6, 6.07) is 8.45. The molecule has 19 heavy (non-hydrogen) atoms. The molecule has 1 aliphatic carbocycles.